The third kappa shape index (κ3) is 3.13. The van der Waals surface area contributed by atoms with Crippen molar-refractivity contribution in [1.29, 1.82) is 0 Å². The third-order valence-electron chi connectivity index (χ3n) is 9.19. The Morgan fingerprint density at radius 3 is 2.78 bits per heavy atom. The number of likely N-dealkylation sites (tertiary alicyclic amines) is 1. The predicted octanol–water partition coefficient (Wildman–Crippen LogP) is 3.89. The number of carbonyl (C=O) groups excluding carboxylic acids is 2. The van der Waals surface area contributed by atoms with E-state index in [-0.39, 0.29) is 30.1 Å². The van der Waals surface area contributed by atoms with Crippen LogP contribution in [0.5, 0.6) is 5.75 Å². The van der Waals surface area contributed by atoms with Gasteiger partial charge in [-0.2, -0.15) is 0 Å². The summed E-state index contributed by atoms with van der Waals surface area (Å²) < 4.78 is 13.2. The molecule has 1 amide bonds. The molecule has 2 heterocycles. The summed E-state index contributed by atoms with van der Waals surface area (Å²) in [6, 6.07) is 14.4. The monoisotopic (exact) mass is 486 g/mol. The molecule has 6 heteroatoms. The zero-order chi connectivity index (χ0) is 25.2. The van der Waals surface area contributed by atoms with Crippen molar-refractivity contribution in [2.24, 2.45) is 0 Å². The van der Waals surface area contributed by atoms with E-state index in [4.69, 9.17) is 9.47 Å². The van der Waals surface area contributed by atoms with E-state index in [1.165, 1.54) is 18.1 Å². The molecule has 0 aromatic heterocycles. The molecule has 2 fully saturated rings. The highest BCUT2D eigenvalue weighted by molar-refractivity contribution is 5.92. The number of likely N-dealkylation sites (N-methyl/N-ethyl adjacent to an activating group) is 2. The molecule has 0 unspecified atom stereocenters. The molecule has 36 heavy (non-hydrogen) atoms. The number of rotatable bonds is 4. The molecule has 1 spiro atoms. The first-order valence-corrected chi connectivity index (χ1v) is 13.0. The Hall–Kier alpha value is -3.12. The Morgan fingerprint density at radius 1 is 1.19 bits per heavy atom. The van der Waals surface area contributed by atoms with E-state index in [0.717, 1.165) is 36.3 Å². The average Bonchev–Trinajstić information content (AvgIpc) is 3.19. The van der Waals surface area contributed by atoms with Gasteiger partial charge in [-0.25, -0.2) is 0 Å². The molecule has 5 atom stereocenters. The third-order valence-corrected chi connectivity index (χ3v) is 9.19. The molecule has 6 rings (SSSR count). The minimum Gasteiger partial charge on any atom is -0.487 e. The van der Waals surface area contributed by atoms with Crippen molar-refractivity contribution in [3.8, 4) is 5.75 Å². The average molecular weight is 487 g/mol. The van der Waals surface area contributed by atoms with Crippen LogP contribution >= 0.6 is 0 Å². The van der Waals surface area contributed by atoms with Crippen molar-refractivity contribution in [3.05, 3.63) is 70.8 Å². The van der Waals surface area contributed by atoms with Gasteiger partial charge in [-0.15, -0.1) is 0 Å². The van der Waals surface area contributed by atoms with Crippen molar-refractivity contribution in [2.75, 3.05) is 20.6 Å². The smallest absolute Gasteiger partial charge is 0.303 e. The van der Waals surface area contributed by atoms with Crippen LogP contribution < -0.4 is 4.74 Å². The quantitative estimate of drug-likeness (QED) is 0.485. The van der Waals surface area contributed by atoms with Gasteiger partial charge >= 0.3 is 5.97 Å². The van der Waals surface area contributed by atoms with E-state index in [2.05, 4.69) is 30.1 Å². The maximum absolute atomic E-state index is 13.4. The first-order valence-electron chi connectivity index (χ1n) is 13.0. The van der Waals surface area contributed by atoms with Crippen molar-refractivity contribution in [3.63, 3.8) is 0 Å². The summed E-state index contributed by atoms with van der Waals surface area (Å²) in [7, 11) is 4.02. The molecule has 2 aliphatic heterocycles. The molecule has 1 saturated carbocycles. The second kappa shape index (κ2) is 8.20. The number of benzene rings is 2. The van der Waals surface area contributed by atoms with Crippen molar-refractivity contribution < 1.29 is 19.1 Å². The lowest BCUT2D eigenvalue weighted by Gasteiger charge is -2.65. The van der Waals surface area contributed by atoms with E-state index in [1.807, 2.05) is 49.2 Å². The standard InChI is InChI=1S/C30H34N2O4/c1-19-7-5-8-21(17-19)11-12-26(34)32(4)23-13-14-30(36-20(2)33)25-18-22-9-6-10-24-27(22)29(30,28(23)35-24)15-16-31(25)3/h5-12,17,23,25,28H,13-16,18H2,1-4H3/t23-,25-,28+,29+,30-/m1/s1. The number of hydrogen-bond acceptors (Lipinski definition) is 5. The Labute approximate surface area is 212 Å². The van der Waals surface area contributed by atoms with Crippen LogP contribution in [0.3, 0.4) is 0 Å². The van der Waals surface area contributed by atoms with Crippen LogP contribution in [0.15, 0.2) is 48.5 Å². The van der Waals surface area contributed by atoms with E-state index in [1.54, 1.807) is 6.08 Å². The highest BCUT2D eigenvalue weighted by atomic mass is 16.6. The normalized spacial score (nSPS) is 32.1. The molecule has 0 N–H and O–H groups in total. The highest BCUT2D eigenvalue weighted by Crippen LogP contribution is 2.65. The molecule has 2 bridgehead atoms. The number of piperidine rings is 1. The molecule has 1 saturated heterocycles. The lowest BCUT2D eigenvalue weighted by molar-refractivity contribution is -0.220. The zero-order valence-electron chi connectivity index (χ0n) is 21.5. The maximum atomic E-state index is 13.4. The number of hydrogen-bond donors (Lipinski definition) is 0. The molecule has 2 aromatic carbocycles. The fourth-order valence-corrected chi connectivity index (χ4v) is 7.75. The van der Waals surface area contributed by atoms with Gasteiger partial charge in [0, 0.05) is 25.6 Å². The topological polar surface area (TPSA) is 59.1 Å². The van der Waals surface area contributed by atoms with E-state index < -0.39 is 11.0 Å². The minimum atomic E-state index is -0.659. The van der Waals surface area contributed by atoms with Crippen LogP contribution in [0.1, 0.15) is 48.4 Å². The molecular weight excluding hydrogens is 452 g/mol. The number of amides is 1. The van der Waals surface area contributed by atoms with Crippen LogP contribution in [0, 0.1) is 6.92 Å². The van der Waals surface area contributed by atoms with Gasteiger partial charge in [-0.05, 0) is 69.5 Å². The molecule has 2 aliphatic carbocycles. The van der Waals surface area contributed by atoms with Crippen LogP contribution in [0.4, 0.5) is 0 Å². The summed E-state index contributed by atoms with van der Waals surface area (Å²) in [5.74, 6) is 0.600. The molecule has 6 nitrogen and oxygen atoms in total. The van der Waals surface area contributed by atoms with Gasteiger partial charge in [0.05, 0.1) is 17.5 Å². The zero-order valence-corrected chi connectivity index (χ0v) is 21.5. The number of nitrogens with zero attached hydrogens (tertiary/aromatic N) is 2. The summed E-state index contributed by atoms with van der Waals surface area (Å²) >= 11 is 0. The largest absolute Gasteiger partial charge is 0.487 e. The van der Waals surface area contributed by atoms with E-state index in [9.17, 15) is 9.59 Å². The van der Waals surface area contributed by atoms with Crippen LogP contribution in [-0.2, 0) is 26.2 Å². The van der Waals surface area contributed by atoms with E-state index >= 15 is 0 Å². The fraction of sp³-hybridized carbons (Fsp3) is 0.467. The van der Waals surface area contributed by atoms with Gasteiger partial charge in [-0.3, -0.25) is 14.5 Å². The SMILES string of the molecule is CC(=O)O[C@@]12CC[C@@H](N(C)C(=O)C=Cc3cccc(C)c3)[C@@H]3Oc4cccc5c4[C@@]31CCN(C)[C@@H]2C5. The van der Waals surface area contributed by atoms with Gasteiger partial charge in [0.2, 0.25) is 5.91 Å². The highest BCUT2D eigenvalue weighted by Gasteiger charge is 2.75. The molecule has 4 aliphatic rings. The maximum Gasteiger partial charge on any atom is 0.303 e. The van der Waals surface area contributed by atoms with Crippen molar-refractivity contribution >= 4 is 18.0 Å². The fourth-order valence-electron chi connectivity index (χ4n) is 7.75. The second-order valence-electron chi connectivity index (χ2n) is 11.0. The minimum absolute atomic E-state index is 0.0436. The van der Waals surface area contributed by atoms with Gasteiger partial charge in [0.15, 0.2) is 0 Å². The van der Waals surface area contributed by atoms with Gasteiger partial charge < -0.3 is 14.4 Å². The van der Waals surface area contributed by atoms with Gasteiger partial charge in [-0.1, -0.05) is 42.0 Å². The predicted molar refractivity (Wildman–Crippen MR) is 138 cm³/mol. The number of ether oxygens (including phenoxy) is 2. The summed E-state index contributed by atoms with van der Waals surface area (Å²) in [6.45, 7) is 4.47. The Kier molecular flexibility index (Phi) is 5.31. The Morgan fingerprint density at radius 2 is 2.00 bits per heavy atom. The van der Waals surface area contributed by atoms with Crippen LogP contribution in [0.25, 0.3) is 6.08 Å². The van der Waals surface area contributed by atoms with E-state index in [0.29, 0.717) is 12.8 Å². The van der Waals surface area contributed by atoms with Gasteiger partial charge in [0.25, 0.3) is 0 Å². The summed E-state index contributed by atoms with van der Waals surface area (Å²) in [6.07, 6.45) is 6.37. The first kappa shape index (κ1) is 23.3. The number of aryl methyl sites for hydroxylation is 1. The lowest BCUT2D eigenvalue weighted by atomic mass is 9.48. The molecule has 188 valence electrons. The molecule has 2 aromatic rings. The summed E-state index contributed by atoms with van der Waals surface area (Å²) in [5.41, 5.74) is 3.54. The van der Waals surface area contributed by atoms with Gasteiger partial charge in [0.1, 0.15) is 17.5 Å². The molecule has 0 radical (unpaired) electrons. The first-order chi connectivity index (χ1) is 17.3. The number of carbonyl (C=O) groups is 2. The Balaban J connectivity index is 1.40. The van der Waals surface area contributed by atoms with Crippen LogP contribution in [-0.4, -0.2) is 66.1 Å². The summed E-state index contributed by atoms with van der Waals surface area (Å²) in [5, 5.41) is 0. The van der Waals surface area contributed by atoms with Crippen LogP contribution in [0.2, 0.25) is 0 Å². The summed E-state index contributed by atoms with van der Waals surface area (Å²) in [4.78, 5) is 30.1. The van der Waals surface area contributed by atoms with Crippen molar-refractivity contribution in [1.82, 2.24) is 9.80 Å². The van der Waals surface area contributed by atoms with Crippen molar-refractivity contribution in [2.45, 2.75) is 68.7 Å². The Bertz CT molecular complexity index is 1270. The second-order valence-corrected chi connectivity index (χ2v) is 11.0. The number of esters is 1. The molecular formula is C30H34N2O4. The lowest BCUT2D eigenvalue weighted by Crippen LogP contribution is -2.78.